The minimum atomic E-state index is -1.05. The number of pyridine rings is 1. The number of rotatable bonds is 6. The molecule has 0 spiro atoms. The third-order valence-corrected chi connectivity index (χ3v) is 12.8. The minimum absolute atomic E-state index is 0.0294. The highest BCUT2D eigenvalue weighted by Crippen LogP contribution is 2.45. The van der Waals surface area contributed by atoms with E-state index in [0.29, 0.717) is 66.1 Å². The van der Waals surface area contributed by atoms with Crippen LogP contribution >= 0.6 is 11.6 Å². The van der Waals surface area contributed by atoms with Crippen LogP contribution in [0.2, 0.25) is 5.02 Å². The van der Waals surface area contributed by atoms with Crippen molar-refractivity contribution in [1.29, 1.82) is 5.26 Å². The van der Waals surface area contributed by atoms with E-state index < -0.39 is 34.8 Å². The van der Waals surface area contributed by atoms with Crippen LogP contribution in [0.15, 0.2) is 65.5 Å². The second kappa shape index (κ2) is 14.6. The molecule has 11 nitrogen and oxygen atoms in total. The van der Waals surface area contributed by atoms with E-state index in [9.17, 15) is 19.6 Å². The number of carbonyl (C=O) groups is 2. The molecule has 296 valence electrons. The average Bonchev–Trinajstić information content (AvgIpc) is 3.43. The molecule has 5 aromatic rings. The maximum absolute atomic E-state index is 15.3. The fraction of sp³-hybridized carbons (Fsp3) is 0.364. The van der Waals surface area contributed by atoms with Crippen molar-refractivity contribution >= 4 is 45.8 Å². The summed E-state index contributed by atoms with van der Waals surface area (Å²) in [5.74, 6) is -2.13. The highest BCUT2D eigenvalue weighted by molar-refractivity contribution is 6.35. The van der Waals surface area contributed by atoms with Crippen LogP contribution in [0.5, 0.6) is 0 Å². The van der Waals surface area contributed by atoms with Gasteiger partial charge in [-0.2, -0.15) is 10.2 Å². The van der Waals surface area contributed by atoms with Gasteiger partial charge in [0.2, 0.25) is 11.8 Å². The molecule has 9 rings (SSSR count). The highest BCUT2D eigenvalue weighted by atomic mass is 35.5. The Morgan fingerprint density at radius 3 is 2.33 bits per heavy atom. The number of piperazine rings is 1. The molecule has 0 radical (unpaired) electrons. The lowest BCUT2D eigenvalue weighted by atomic mass is 9.83. The van der Waals surface area contributed by atoms with Gasteiger partial charge in [-0.15, -0.1) is 0 Å². The Bertz CT molecular complexity index is 2600. The van der Waals surface area contributed by atoms with Crippen molar-refractivity contribution in [2.75, 3.05) is 49.1 Å². The van der Waals surface area contributed by atoms with Gasteiger partial charge in [0.1, 0.15) is 29.3 Å². The summed E-state index contributed by atoms with van der Waals surface area (Å²) in [4.78, 5) is 52.8. The van der Waals surface area contributed by atoms with Crippen LogP contribution in [0.1, 0.15) is 85.1 Å². The number of aromatic nitrogens is 3. The smallest absolute Gasteiger partial charge is 0.282 e. The van der Waals surface area contributed by atoms with Crippen LogP contribution in [-0.2, 0) is 21.5 Å². The third kappa shape index (κ3) is 6.48. The van der Waals surface area contributed by atoms with Gasteiger partial charge >= 0.3 is 0 Å². The number of carbonyl (C=O) groups excluding carboxylic acids is 2. The molecule has 3 fully saturated rings. The van der Waals surface area contributed by atoms with Crippen molar-refractivity contribution in [3.63, 3.8) is 0 Å². The van der Waals surface area contributed by atoms with Crippen LogP contribution in [0.3, 0.4) is 0 Å². The lowest BCUT2D eigenvalue weighted by Crippen LogP contribution is -2.47. The van der Waals surface area contributed by atoms with Crippen molar-refractivity contribution in [3.05, 3.63) is 121 Å². The van der Waals surface area contributed by atoms with Gasteiger partial charge in [0.05, 0.1) is 44.2 Å². The molecule has 4 aliphatic rings. The maximum atomic E-state index is 15.3. The Morgan fingerprint density at radius 2 is 1.62 bits per heavy atom. The molecule has 4 aliphatic heterocycles. The van der Waals surface area contributed by atoms with Crippen molar-refractivity contribution in [2.45, 2.75) is 63.3 Å². The molecule has 3 aromatic carbocycles. The van der Waals surface area contributed by atoms with Crippen LogP contribution in [0, 0.1) is 23.0 Å². The number of amides is 2. The van der Waals surface area contributed by atoms with E-state index in [2.05, 4.69) is 57.9 Å². The number of hydrogen-bond donors (Lipinski definition) is 1. The number of piperidine rings is 2. The van der Waals surface area contributed by atoms with Crippen LogP contribution in [0.4, 0.5) is 20.3 Å². The first-order valence-electron chi connectivity index (χ1n) is 19.7. The Hall–Kier alpha value is -5.71. The van der Waals surface area contributed by atoms with Crippen molar-refractivity contribution < 1.29 is 18.4 Å². The fourth-order valence-corrected chi connectivity index (χ4v) is 9.57. The Balaban J connectivity index is 0.861. The highest BCUT2D eigenvalue weighted by Gasteiger charge is 2.39. The van der Waals surface area contributed by atoms with Crippen molar-refractivity contribution in [2.24, 2.45) is 0 Å². The molecule has 0 bridgehead atoms. The Kier molecular flexibility index (Phi) is 9.52. The van der Waals surface area contributed by atoms with Gasteiger partial charge in [-0.05, 0) is 106 Å². The zero-order valence-corrected chi connectivity index (χ0v) is 33.0. The molecule has 6 heterocycles. The summed E-state index contributed by atoms with van der Waals surface area (Å²) in [6.45, 7) is 8.48. The molecule has 0 aliphatic carbocycles. The summed E-state index contributed by atoms with van der Waals surface area (Å²) < 4.78 is 32.7. The van der Waals surface area contributed by atoms with Gasteiger partial charge in [-0.3, -0.25) is 29.2 Å². The zero-order chi connectivity index (χ0) is 40.5. The molecule has 2 aromatic heterocycles. The first-order valence-corrected chi connectivity index (χ1v) is 20.1. The molecule has 2 amide bonds. The molecular weight excluding hydrogens is 762 g/mol. The van der Waals surface area contributed by atoms with Gasteiger partial charge in [0.25, 0.3) is 5.56 Å². The van der Waals surface area contributed by atoms with Crippen LogP contribution in [0.25, 0.3) is 16.6 Å². The predicted octanol–water partition coefficient (Wildman–Crippen LogP) is 6.45. The van der Waals surface area contributed by atoms with Gasteiger partial charge in [-0.25, -0.2) is 13.8 Å². The summed E-state index contributed by atoms with van der Waals surface area (Å²) in [7, 11) is 0. The standard InChI is InChI=1S/C44H41ClF2N8O3/c1-44(2)31-10-7-26(20-36(31)55-35-5-3-4-32(45)39(35)42(58)51-43(44)55)25-12-14-52(15-13-25)24-28-8-6-27(23-48)40(49-28)54-18-16-53(17-19-54)29-21-33(46)38(34(47)22-29)30-9-11-37(56)50-41(30)57/h3-8,10,20-22,25,30H,9,11-19,24H2,1-2H3,(H,50,56,57). The SMILES string of the molecule is CC1(C)c2ccc(C3CCN(Cc4ccc(C#N)c(N5CCN(c6cc(F)c(C7CCC(=O)NC7=O)c(F)c6)CC5)n4)CC3)cc2-n2c1nc(=O)c1c(Cl)cccc12. The summed E-state index contributed by atoms with van der Waals surface area (Å²) in [5, 5.41) is 13.0. The number of imide groups is 1. The first-order chi connectivity index (χ1) is 27.9. The number of benzene rings is 3. The normalized spacial score (nSPS) is 19.6. The quantitative estimate of drug-likeness (QED) is 0.193. The van der Waals surface area contributed by atoms with E-state index in [1.165, 1.54) is 17.7 Å². The number of halogens is 3. The number of nitrogens with one attached hydrogen (secondary N) is 1. The van der Waals surface area contributed by atoms with Crippen LogP contribution < -0.4 is 20.7 Å². The molecular formula is C44H41ClF2N8O3. The van der Waals surface area contributed by atoms with E-state index in [-0.39, 0.29) is 24.0 Å². The molecule has 1 unspecified atom stereocenters. The number of anilines is 2. The monoisotopic (exact) mass is 802 g/mol. The largest absolute Gasteiger partial charge is 0.368 e. The van der Waals surface area contributed by atoms with E-state index in [1.54, 1.807) is 6.07 Å². The van der Waals surface area contributed by atoms with E-state index in [0.717, 1.165) is 54.2 Å². The zero-order valence-electron chi connectivity index (χ0n) is 32.2. The van der Waals surface area contributed by atoms with Gasteiger partial charge in [0, 0.05) is 50.4 Å². The molecule has 58 heavy (non-hydrogen) atoms. The first kappa shape index (κ1) is 37.8. The minimum Gasteiger partial charge on any atom is -0.368 e. The third-order valence-electron chi connectivity index (χ3n) is 12.5. The van der Waals surface area contributed by atoms with Gasteiger partial charge in [0.15, 0.2) is 0 Å². The number of hydrogen-bond acceptors (Lipinski definition) is 9. The van der Waals surface area contributed by atoms with Gasteiger partial charge in [-0.1, -0.05) is 29.8 Å². The lowest BCUT2D eigenvalue weighted by molar-refractivity contribution is -0.134. The van der Waals surface area contributed by atoms with Crippen LogP contribution in [-0.4, -0.2) is 70.5 Å². The summed E-state index contributed by atoms with van der Waals surface area (Å²) >= 11 is 6.50. The second-order valence-electron chi connectivity index (χ2n) is 16.2. The van der Waals surface area contributed by atoms with Crippen molar-refractivity contribution in [3.8, 4) is 11.8 Å². The van der Waals surface area contributed by atoms with E-state index in [4.69, 9.17) is 16.6 Å². The number of fused-ring (bicyclic) bond motifs is 5. The Morgan fingerprint density at radius 1 is 0.897 bits per heavy atom. The molecule has 3 saturated heterocycles. The summed E-state index contributed by atoms with van der Waals surface area (Å²) in [5.41, 5.74) is 4.83. The van der Waals surface area contributed by atoms with E-state index >= 15 is 8.78 Å². The number of likely N-dealkylation sites (tertiary alicyclic amines) is 1. The summed E-state index contributed by atoms with van der Waals surface area (Å²) in [6.07, 6.45) is 2.02. The van der Waals surface area contributed by atoms with Crippen molar-refractivity contribution in [1.82, 2.24) is 24.8 Å². The average molecular weight is 803 g/mol. The molecule has 14 heteroatoms. The van der Waals surface area contributed by atoms with Gasteiger partial charge < -0.3 is 9.80 Å². The molecule has 1 N–H and O–H groups in total. The fourth-order valence-electron chi connectivity index (χ4n) is 9.32. The predicted molar refractivity (Wildman–Crippen MR) is 217 cm³/mol. The Labute approximate surface area is 338 Å². The van der Waals surface area contributed by atoms with E-state index in [1.807, 2.05) is 34.1 Å². The molecule has 1 atom stereocenters. The maximum Gasteiger partial charge on any atom is 0.282 e. The molecule has 0 saturated carbocycles. The second-order valence-corrected chi connectivity index (χ2v) is 16.7. The number of nitrogens with zero attached hydrogens (tertiary/aromatic N) is 7. The number of nitriles is 1. The lowest BCUT2D eigenvalue weighted by Gasteiger charge is -2.37. The topological polar surface area (TPSA) is 127 Å². The summed E-state index contributed by atoms with van der Waals surface area (Å²) in [6, 6.07) is 20.7.